The lowest BCUT2D eigenvalue weighted by Gasteiger charge is -2.42. The third kappa shape index (κ3) is 3.01. The van der Waals surface area contributed by atoms with Gasteiger partial charge in [-0.2, -0.15) is 5.10 Å². The Bertz CT molecular complexity index is 988. The lowest BCUT2D eigenvalue weighted by atomic mass is 9.83. The number of carbonyl (C=O) groups excluding carboxylic acids is 2. The number of pyridine rings is 1. The van der Waals surface area contributed by atoms with Crippen LogP contribution in [0.5, 0.6) is 0 Å². The molecule has 0 radical (unpaired) electrons. The minimum atomic E-state index is -0.0294. The van der Waals surface area contributed by atoms with Crippen molar-refractivity contribution in [2.75, 3.05) is 13.1 Å². The summed E-state index contributed by atoms with van der Waals surface area (Å²) in [6, 6.07) is 5.40. The number of aromatic nitrogens is 3. The van der Waals surface area contributed by atoms with Crippen LogP contribution in [0.4, 0.5) is 0 Å². The quantitative estimate of drug-likeness (QED) is 0.770. The van der Waals surface area contributed by atoms with Crippen LogP contribution in [0.2, 0.25) is 0 Å². The first-order valence-electron chi connectivity index (χ1n) is 9.37. The van der Waals surface area contributed by atoms with Crippen molar-refractivity contribution >= 4 is 11.7 Å². The van der Waals surface area contributed by atoms with Gasteiger partial charge in [0.2, 0.25) is 5.91 Å². The summed E-state index contributed by atoms with van der Waals surface area (Å²) >= 11 is 0. The van der Waals surface area contributed by atoms with Gasteiger partial charge in [0.25, 0.3) is 5.56 Å². The Morgan fingerprint density at radius 2 is 1.96 bits per heavy atom. The molecule has 2 atom stereocenters. The van der Waals surface area contributed by atoms with Crippen LogP contribution in [0.25, 0.3) is 0 Å². The molecule has 0 saturated carbocycles. The molecule has 27 heavy (non-hydrogen) atoms. The Labute approximate surface area is 157 Å². The molecule has 2 aromatic heterocycles. The maximum Gasteiger partial charge on any atom is 0.250 e. The Morgan fingerprint density at radius 1 is 1.19 bits per heavy atom. The van der Waals surface area contributed by atoms with E-state index in [9.17, 15) is 14.4 Å². The van der Waals surface area contributed by atoms with Crippen molar-refractivity contribution in [1.29, 1.82) is 0 Å². The maximum absolute atomic E-state index is 12.9. The molecule has 2 bridgehead atoms. The Hall–Kier alpha value is -2.70. The van der Waals surface area contributed by atoms with E-state index in [4.69, 9.17) is 0 Å². The third-order valence-corrected chi connectivity index (χ3v) is 5.85. The molecule has 2 aliphatic heterocycles. The molecule has 142 valence electrons. The van der Waals surface area contributed by atoms with Gasteiger partial charge >= 0.3 is 0 Å². The molecular formula is C20H24N4O3. The standard InChI is InChI=1S/C20H24N4O3/c1-12-20(14(3)25)13(2)24(21-12)11-19(27)22-8-15-7-16(10-22)17-5-4-6-18(26)23(17)9-15/h4-6,15-16H,7-11H2,1-3H3/t15-,16-/m0/s1. The zero-order valence-corrected chi connectivity index (χ0v) is 15.9. The first-order chi connectivity index (χ1) is 12.8. The Kier molecular flexibility index (Phi) is 4.25. The Morgan fingerprint density at radius 3 is 2.67 bits per heavy atom. The van der Waals surface area contributed by atoms with Crippen molar-refractivity contribution in [1.82, 2.24) is 19.2 Å². The van der Waals surface area contributed by atoms with Crippen molar-refractivity contribution in [2.45, 2.75) is 46.2 Å². The van der Waals surface area contributed by atoms with Crippen LogP contribution in [0.3, 0.4) is 0 Å². The molecule has 7 heteroatoms. The summed E-state index contributed by atoms with van der Waals surface area (Å²) in [5, 5.41) is 4.39. The predicted molar refractivity (Wildman–Crippen MR) is 99.8 cm³/mol. The molecule has 4 rings (SSSR count). The second-order valence-corrected chi connectivity index (χ2v) is 7.76. The second kappa shape index (κ2) is 6.48. The monoisotopic (exact) mass is 368 g/mol. The van der Waals surface area contributed by atoms with E-state index in [1.165, 1.54) is 6.92 Å². The average molecular weight is 368 g/mol. The van der Waals surface area contributed by atoms with Crippen molar-refractivity contribution in [3.8, 4) is 0 Å². The number of amides is 1. The first kappa shape index (κ1) is 17.7. The third-order valence-electron chi connectivity index (χ3n) is 5.85. The highest BCUT2D eigenvalue weighted by Gasteiger charge is 2.36. The maximum atomic E-state index is 12.9. The van der Waals surface area contributed by atoms with E-state index in [0.717, 1.165) is 17.8 Å². The number of carbonyl (C=O) groups is 2. The van der Waals surface area contributed by atoms with Crippen LogP contribution in [0, 0.1) is 19.8 Å². The number of aryl methyl sites for hydroxylation is 1. The number of piperidine rings is 1. The molecule has 0 unspecified atom stereocenters. The highest BCUT2D eigenvalue weighted by Crippen LogP contribution is 2.35. The Balaban J connectivity index is 1.54. The minimum Gasteiger partial charge on any atom is -0.340 e. The topological polar surface area (TPSA) is 77.2 Å². The van der Waals surface area contributed by atoms with E-state index < -0.39 is 0 Å². The summed E-state index contributed by atoms with van der Waals surface area (Å²) in [5.74, 6) is 0.479. The highest BCUT2D eigenvalue weighted by molar-refractivity contribution is 5.96. The van der Waals surface area contributed by atoms with Crippen molar-refractivity contribution < 1.29 is 9.59 Å². The number of fused-ring (bicyclic) bond motifs is 4. The van der Waals surface area contributed by atoms with Crippen molar-refractivity contribution in [3.63, 3.8) is 0 Å². The number of rotatable bonds is 3. The number of hydrogen-bond donors (Lipinski definition) is 0. The molecule has 0 aliphatic carbocycles. The van der Waals surface area contributed by atoms with Gasteiger partial charge in [0, 0.05) is 43.0 Å². The normalized spacial score (nSPS) is 21.1. The number of likely N-dealkylation sites (tertiary alicyclic amines) is 1. The van der Waals surface area contributed by atoms with Crippen molar-refractivity contribution in [2.24, 2.45) is 5.92 Å². The summed E-state index contributed by atoms with van der Waals surface area (Å²) in [5.41, 5.74) is 3.08. The van der Waals surface area contributed by atoms with E-state index in [1.54, 1.807) is 23.7 Å². The number of nitrogens with zero attached hydrogens (tertiary/aromatic N) is 4. The van der Waals surface area contributed by atoms with E-state index >= 15 is 0 Å². The van der Waals surface area contributed by atoms with Crippen LogP contribution in [-0.2, 0) is 17.9 Å². The molecule has 2 aromatic rings. The van der Waals surface area contributed by atoms with Gasteiger partial charge in [-0.05, 0) is 39.2 Å². The van der Waals surface area contributed by atoms with Crippen LogP contribution in [0.15, 0.2) is 23.0 Å². The minimum absolute atomic E-state index is 0.0112. The van der Waals surface area contributed by atoms with Crippen molar-refractivity contribution in [3.05, 3.63) is 51.2 Å². The van der Waals surface area contributed by atoms with Gasteiger partial charge in [-0.25, -0.2) is 0 Å². The fraction of sp³-hybridized carbons (Fsp3) is 0.500. The SMILES string of the molecule is CC(=O)c1c(C)nn(CC(=O)N2C[C@@H]3C[C@@H](C2)c2cccc(=O)n2C3)c1C. The molecular weight excluding hydrogens is 344 g/mol. The number of ketones is 1. The highest BCUT2D eigenvalue weighted by atomic mass is 16.2. The summed E-state index contributed by atoms with van der Waals surface area (Å²) in [6.07, 6.45) is 1.02. The molecule has 1 saturated heterocycles. The molecule has 0 spiro atoms. The number of Topliss-reactive ketones (excluding diaryl/α,β-unsaturated/α-hetero) is 1. The van der Waals surface area contributed by atoms with E-state index in [2.05, 4.69) is 5.10 Å². The van der Waals surface area contributed by atoms with Gasteiger partial charge in [0.05, 0.1) is 11.3 Å². The van der Waals surface area contributed by atoms with Gasteiger partial charge in [-0.3, -0.25) is 19.1 Å². The molecule has 2 aliphatic rings. The summed E-state index contributed by atoms with van der Waals surface area (Å²) < 4.78 is 3.50. The van der Waals surface area contributed by atoms with E-state index in [1.807, 2.05) is 22.5 Å². The summed E-state index contributed by atoms with van der Waals surface area (Å²) in [6.45, 7) is 7.24. The van der Waals surface area contributed by atoms with Gasteiger partial charge in [-0.1, -0.05) is 6.07 Å². The fourth-order valence-corrected chi connectivity index (χ4v) is 4.69. The molecule has 4 heterocycles. The number of hydrogen-bond acceptors (Lipinski definition) is 4. The van der Waals surface area contributed by atoms with Crippen LogP contribution >= 0.6 is 0 Å². The average Bonchev–Trinajstić information content (AvgIpc) is 2.89. The zero-order valence-electron chi connectivity index (χ0n) is 15.9. The molecule has 0 N–H and O–H groups in total. The van der Waals surface area contributed by atoms with Crippen LogP contribution in [-0.4, -0.2) is 44.0 Å². The van der Waals surface area contributed by atoms with Gasteiger partial charge in [0.1, 0.15) is 6.54 Å². The lowest BCUT2D eigenvalue weighted by molar-refractivity contribution is -0.134. The first-order valence-corrected chi connectivity index (χ1v) is 9.37. The van der Waals surface area contributed by atoms with E-state index in [-0.39, 0.29) is 29.7 Å². The van der Waals surface area contributed by atoms with Gasteiger partial charge in [0.15, 0.2) is 5.78 Å². The van der Waals surface area contributed by atoms with Crippen LogP contribution in [0.1, 0.15) is 46.7 Å². The largest absolute Gasteiger partial charge is 0.340 e. The van der Waals surface area contributed by atoms with Crippen LogP contribution < -0.4 is 5.56 Å². The molecule has 0 aromatic carbocycles. The summed E-state index contributed by atoms with van der Waals surface area (Å²) in [7, 11) is 0. The molecule has 1 fully saturated rings. The lowest BCUT2D eigenvalue weighted by Crippen LogP contribution is -2.49. The smallest absolute Gasteiger partial charge is 0.250 e. The second-order valence-electron chi connectivity index (χ2n) is 7.76. The predicted octanol–water partition coefficient (Wildman–Crippen LogP) is 1.51. The van der Waals surface area contributed by atoms with Gasteiger partial charge in [-0.15, -0.1) is 0 Å². The molecule has 7 nitrogen and oxygen atoms in total. The van der Waals surface area contributed by atoms with E-state index in [0.29, 0.717) is 36.8 Å². The zero-order chi connectivity index (χ0) is 19.3. The van der Waals surface area contributed by atoms with Gasteiger partial charge < -0.3 is 9.47 Å². The summed E-state index contributed by atoms with van der Waals surface area (Å²) in [4.78, 5) is 38.7. The molecule has 1 amide bonds. The fourth-order valence-electron chi connectivity index (χ4n) is 4.69.